The molecule has 0 aliphatic heterocycles. The first kappa shape index (κ1) is 17.4. The molecule has 0 bridgehead atoms. The molecule has 0 atom stereocenters. The number of H-pyrrole nitrogens is 1. The Bertz CT molecular complexity index is 924. The Kier molecular flexibility index (Phi) is 5.12. The second-order valence-corrected chi connectivity index (χ2v) is 5.51. The summed E-state index contributed by atoms with van der Waals surface area (Å²) in [7, 11) is 3.16. The van der Waals surface area contributed by atoms with Crippen molar-refractivity contribution in [2.45, 2.75) is 0 Å². The molecule has 0 spiro atoms. The number of ketones is 1. The van der Waals surface area contributed by atoms with Crippen LogP contribution in [-0.4, -0.2) is 30.2 Å². The summed E-state index contributed by atoms with van der Waals surface area (Å²) < 4.78 is 23.4. The average molecular weight is 352 g/mol. The van der Waals surface area contributed by atoms with Gasteiger partial charge in [-0.3, -0.25) is 9.89 Å². The fourth-order valence-corrected chi connectivity index (χ4v) is 2.40. The number of ether oxygens (including phenoxy) is 2. The highest BCUT2D eigenvalue weighted by molar-refractivity contribution is 6.06. The minimum absolute atomic E-state index is 0.218. The molecule has 6 heteroatoms. The molecule has 132 valence electrons. The Hall–Kier alpha value is -3.41. The van der Waals surface area contributed by atoms with Crippen LogP contribution in [0, 0.1) is 5.82 Å². The molecular weight excluding hydrogens is 335 g/mol. The maximum atomic E-state index is 12.9. The van der Waals surface area contributed by atoms with Crippen molar-refractivity contribution in [3.63, 3.8) is 0 Å². The number of aromatic amines is 1. The maximum absolute atomic E-state index is 12.9. The number of halogens is 1. The Balaban J connectivity index is 1.79. The van der Waals surface area contributed by atoms with Gasteiger partial charge in [0.1, 0.15) is 17.3 Å². The van der Waals surface area contributed by atoms with Crippen LogP contribution in [0.15, 0.2) is 54.6 Å². The number of nitrogens with one attached hydrogen (secondary N) is 1. The number of carbonyl (C=O) groups is 1. The number of carbonyl (C=O) groups excluding carboxylic acids is 1. The van der Waals surface area contributed by atoms with Gasteiger partial charge in [-0.2, -0.15) is 5.10 Å². The normalized spacial score (nSPS) is 10.9. The van der Waals surface area contributed by atoms with Crippen molar-refractivity contribution in [3.8, 4) is 22.8 Å². The van der Waals surface area contributed by atoms with Crippen LogP contribution in [0.4, 0.5) is 4.39 Å². The van der Waals surface area contributed by atoms with Crippen LogP contribution in [0.25, 0.3) is 17.3 Å². The van der Waals surface area contributed by atoms with Crippen LogP contribution in [0.3, 0.4) is 0 Å². The molecule has 1 N–H and O–H groups in total. The molecule has 2 aromatic carbocycles. The van der Waals surface area contributed by atoms with Gasteiger partial charge in [-0.25, -0.2) is 4.39 Å². The molecular formula is C20H17FN2O3. The van der Waals surface area contributed by atoms with Crippen LogP contribution in [0.5, 0.6) is 11.5 Å². The highest BCUT2D eigenvalue weighted by Crippen LogP contribution is 2.29. The predicted octanol–water partition coefficient (Wildman–Crippen LogP) is 4.13. The van der Waals surface area contributed by atoms with Gasteiger partial charge >= 0.3 is 0 Å². The molecule has 3 aromatic rings. The van der Waals surface area contributed by atoms with Gasteiger partial charge in [-0.05, 0) is 54.6 Å². The first-order chi connectivity index (χ1) is 12.6. The summed E-state index contributed by atoms with van der Waals surface area (Å²) >= 11 is 0. The van der Waals surface area contributed by atoms with E-state index in [0.29, 0.717) is 28.5 Å². The maximum Gasteiger partial charge on any atom is 0.185 e. The lowest BCUT2D eigenvalue weighted by atomic mass is 10.1. The van der Waals surface area contributed by atoms with E-state index in [-0.39, 0.29) is 11.6 Å². The summed E-state index contributed by atoms with van der Waals surface area (Å²) in [6.07, 6.45) is 3.04. The van der Waals surface area contributed by atoms with Gasteiger partial charge in [-0.1, -0.05) is 0 Å². The number of allylic oxidation sites excluding steroid dienone is 1. The molecule has 0 aliphatic rings. The zero-order chi connectivity index (χ0) is 18.5. The number of benzene rings is 2. The van der Waals surface area contributed by atoms with Crippen molar-refractivity contribution in [2.75, 3.05) is 14.2 Å². The van der Waals surface area contributed by atoms with E-state index in [1.807, 2.05) is 18.2 Å². The minimum atomic E-state index is -0.377. The highest BCUT2D eigenvalue weighted by Gasteiger charge is 2.08. The third-order valence-corrected chi connectivity index (χ3v) is 3.79. The summed E-state index contributed by atoms with van der Waals surface area (Å²) in [4.78, 5) is 12.1. The minimum Gasteiger partial charge on any atom is -0.497 e. The zero-order valence-electron chi connectivity index (χ0n) is 14.3. The first-order valence-corrected chi connectivity index (χ1v) is 7.86. The van der Waals surface area contributed by atoms with E-state index in [9.17, 15) is 9.18 Å². The standard InChI is InChI=1S/C20H17FN2O3/c1-25-17-9-14(10-18(12-17)26-2)19-11-16(22-23-19)7-8-20(24)13-3-5-15(21)6-4-13/h3-12H,1-2H3,(H,22,23). The Morgan fingerprint density at radius 2 is 1.69 bits per heavy atom. The number of hydrogen-bond acceptors (Lipinski definition) is 4. The molecule has 0 aliphatic carbocycles. The van der Waals surface area contributed by atoms with E-state index in [4.69, 9.17) is 9.47 Å². The van der Waals surface area contributed by atoms with Crippen molar-refractivity contribution >= 4 is 11.9 Å². The van der Waals surface area contributed by atoms with E-state index in [1.165, 1.54) is 30.3 Å². The molecule has 1 aromatic heterocycles. The number of nitrogens with zero attached hydrogens (tertiary/aromatic N) is 1. The van der Waals surface area contributed by atoms with E-state index >= 15 is 0 Å². The van der Waals surface area contributed by atoms with Crippen molar-refractivity contribution < 1.29 is 18.7 Å². The SMILES string of the molecule is COc1cc(OC)cc(-c2cc(C=CC(=O)c3ccc(F)cc3)[nH]n2)c1. The third-order valence-electron chi connectivity index (χ3n) is 3.79. The average Bonchev–Trinajstić information content (AvgIpc) is 3.15. The molecule has 0 radical (unpaired) electrons. The van der Waals surface area contributed by atoms with Crippen LogP contribution in [0.2, 0.25) is 0 Å². The van der Waals surface area contributed by atoms with Gasteiger partial charge < -0.3 is 9.47 Å². The molecule has 5 nitrogen and oxygen atoms in total. The smallest absolute Gasteiger partial charge is 0.185 e. The van der Waals surface area contributed by atoms with E-state index < -0.39 is 0 Å². The van der Waals surface area contributed by atoms with Crippen molar-refractivity contribution in [2.24, 2.45) is 0 Å². The van der Waals surface area contributed by atoms with Crippen LogP contribution in [-0.2, 0) is 0 Å². The summed E-state index contributed by atoms with van der Waals surface area (Å²) in [5, 5.41) is 7.12. The highest BCUT2D eigenvalue weighted by atomic mass is 19.1. The molecule has 3 rings (SSSR count). The number of hydrogen-bond donors (Lipinski definition) is 1. The number of rotatable bonds is 6. The lowest BCUT2D eigenvalue weighted by Gasteiger charge is -2.06. The zero-order valence-corrected chi connectivity index (χ0v) is 14.3. The molecule has 0 saturated heterocycles. The molecule has 0 amide bonds. The summed E-state index contributed by atoms with van der Waals surface area (Å²) in [6.45, 7) is 0. The summed E-state index contributed by atoms with van der Waals surface area (Å²) in [5.74, 6) is 0.721. The summed E-state index contributed by atoms with van der Waals surface area (Å²) in [6, 6.07) is 12.7. The lowest BCUT2D eigenvalue weighted by Crippen LogP contribution is -1.93. The van der Waals surface area contributed by atoms with Gasteiger partial charge in [0, 0.05) is 17.2 Å². The monoisotopic (exact) mass is 352 g/mol. The van der Waals surface area contributed by atoms with Crippen LogP contribution >= 0.6 is 0 Å². The van der Waals surface area contributed by atoms with Crippen LogP contribution < -0.4 is 9.47 Å². The van der Waals surface area contributed by atoms with Gasteiger partial charge in [0.2, 0.25) is 0 Å². The quantitative estimate of drug-likeness (QED) is 0.535. The largest absolute Gasteiger partial charge is 0.497 e. The molecule has 26 heavy (non-hydrogen) atoms. The number of aromatic nitrogens is 2. The molecule has 0 fully saturated rings. The van der Waals surface area contributed by atoms with E-state index in [1.54, 1.807) is 26.4 Å². The topological polar surface area (TPSA) is 64.2 Å². The number of methoxy groups -OCH3 is 2. The van der Waals surface area contributed by atoms with Crippen LogP contribution in [0.1, 0.15) is 16.1 Å². The second kappa shape index (κ2) is 7.65. The predicted molar refractivity (Wildman–Crippen MR) is 96.9 cm³/mol. The first-order valence-electron chi connectivity index (χ1n) is 7.86. The van der Waals surface area contributed by atoms with Crippen molar-refractivity contribution in [3.05, 3.63) is 71.7 Å². The van der Waals surface area contributed by atoms with Gasteiger partial charge in [0.05, 0.1) is 25.6 Å². The molecule has 1 heterocycles. The lowest BCUT2D eigenvalue weighted by molar-refractivity contribution is 0.104. The van der Waals surface area contributed by atoms with Gasteiger partial charge in [0.15, 0.2) is 5.78 Å². The van der Waals surface area contributed by atoms with Gasteiger partial charge in [0.25, 0.3) is 0 Å². The summed E-state index contributed by atoms with van der Waals surface area (Å²) in [5.41, 5.74) is 2.59. The fraction of sp³-hybridized carbons (Fsp3) is 0.100. The Morgan fingerprint density at radius 3 is 2.31 bits per heavy atom. The molecule has 0 saturated carbocycles. The molecule has 0 unspecified atom stereocenters. The fourth-order valence-electron chi connectivity index (χ4n) is 2.40. The second-order valence-electron chi connectivity index (χ2n) is 5.51. The van der Waals surface area contributed by atoms with Crippen molar-refractivity contribution in [1.29, 1.82) is 0 Å². The van der Waals surface area contributed by atoms with E-state index in [0.717, 1.165) is 5.56 Å². The third kappa shape index (κ3) is 3.97. The van der Waals surface area contributed by atoms with Crippen molar-refractivity contribution in [1.82, 2.24) is 10.2 Å². The van der Waals surface area contributed by atoms with E-state index in [2.05, 4.69) is 10.2 Å². The van der Waals surface area contributed by atoms with Gasteiger partial charge in [-0.15, -0.1) is 0 Å². The Morgan fingerprint density at radius 1 is 1.04 bits per heavy atom. The Labute approximate surface area is 150 Å².